The van der Waals surface area contributed by atoms with Crippen LogP contribution < -0.4 is 4.74 Å². The third-order valence-corrected chi connectivity index (χ3v) is 2.70. The minimum Gasteiger partial charge on any atom is -0.426 e. The molecular formula is C12H12O3. The molecule has 1 aliphatic rings. The van der Waals surface area contributed by atoms with Gasteiger partial charge in [-0.1, -0.05) is 18.6 Å². The van der Waals surface area contributed by atoms with Gasteiger partial charge in [-0.3, -0.25) is 9.59 Å². The van der Waals surface area contributed by atoms with E-state index in [0.29, 0.717) is 17.6 Å². The van der Waals surface area contributed by atoms with Crippen LogP contribution in [0.5, 0.6) is 5.75 Å². The first-order valence-corrected chi connectivity index (χ1v) is 5.07. The van der Waals surface area contributed by atoms with E-state index in [1.165, 1.54) is 0 Å². The predicted molar refractivity (Wildman–Crippen MR) is 54.8 cm³/mol. The topological polar surface area (TPSA) is 43.4 Å². The van der Waals surface area contributed by atoms with Crippen molar-refractivity contribution in [3.05, 3.63) is 29.8 Å². The lowest BCUT2D eigenvalue weighted by Gasteiger charge is -2.23. The summed E-state index contributed by atoms with van der Waals surface area (Å²) in [5, 5.41) is 0. The van der Waals surface area contributed by atoms with E-state index < -0.39 is 0 Å². The number of para-hydroxylation sites is 1. The summed E-state index contributed by atoms with van der Waals surface area (Å²) in [4.78, 5) is 22.2. The number of esters is 1. The number of aldehydes is 1. The third-order valence-electron chi connectivity index (χ3n) is 2.70. The fourth-order valence-electron chi connectivity index (χ4n) is 1.51. The van der Waals surface area contributed by atoms with Gasteiger partial charge in [-0.25, -0.2) is 0 Å². The number of benzene rings is 1. The van der Waals surface area contributed by atoms with Gasteiger partial charge in [0.25, 0.3) is 0 Å². The van der Waals surface area contributed by atoms with Crippen molar-refractivity contribution >= 4 is 12.3 Å². The van der Waals surface area contributed by atoms with Crippen LogP contribution in [0.15, 0.2) is 24.3 Å². The number of carbonyl (C=O) groups is 2. The predicted octanol–water partition coefficient (Wildman–Crippen LogP) is 2.20. The van der Waals surface area contributed by atoms with Crippen molar-refractivity contribution in [2.45, 2.75) is 19.3 Å². The van der Waals surface area contributed by atoms with E-state index in [9.17, 15) is 9.59 Å². The molecule has 0 saturated heterocycles. The van der Waals surface area contributed by atoms with E-state index in [1.807, 2.05) is 0 Å². The highest BCUT2D eigenvalue weighted by Gasteiger charge is 2.27. The van der Waals surface area contributed by atoms with Crippen LogP contribution in [-0.2, 0) is 4.79 Å². The third kappa shape index (κ3) is 2.06. The minimum atomic E-state index is -0.212. The van der Waals surface area contributed by atoms with E-state index in [2.05, 4.69) is 0 Å². The lowest BCUT2D eigenvalue weighted by molar-refractivity contribution is -0.141. The van der Waals surface area contributed by atoms with Crippen LogP contribution in [0.3, 0.4) is 0 Å². The maximum absolute atomic E-state index is 11.5. The Labute approximate surface area is 88.1 Å². The van der Waals surface area contributed by atoms with Crippen molar-refractivity contribution in [3.8, 4) is 5.75 Å². The molecule has 1 saturated carbocycles. The number of rotatable bonds is 3. The SMILES string of the molecule is O=Cc1ccccc1OC(=O)C1CCC1. The summed E-state index contributed by atoms with van der Waals surface area (Å²) in [5.41, 5.74) is 0.421. The van der Waals surface area contributed by atoms with Crippen molar-refractivity contribution in [1.29, 1.82) is 0 Å². The first-order valence-electron chi connectivity index (χ1n) is 5.07. The Hall–Kier alpha value is -1.64. The Balaban J connectivity index is 2.09. The van der Waals surface area contributed by atoms with Crippen molar-refractivity contribution in [1.82, 2.24) is 0 Å². The maximum atomic E-state index is 11.5. The van der Waals surface area contributed by atoms with Crippen molar-refractivity contribution in [2.75, 3.05) is 0 Å². The molecule has 1 aromatic rings. The zero-order valence-electron chi connectivity index (χ0n) is 8.31. The molecular weight excluding hydrogens is 192 g/mol. The maximum Gasteiger partial charge on any atom is 0.314 e. The Morgan fingerprint density at radius 3 is 2.67 bits per heavy atom. The summed E-state index contributed by atoms with van der Waals surface area (Å²) in [7, 11) is 0. The van der Waals surface area contributed by atoms with Crippen LogP contribution in [-0.4, -0.2) is 12.3 Å². The second-order valence-corrected chi connectivity index (χ2v) is 3.70. The molecule has 0 heterocycles. The largest absolute Gasteiger partial charge is 0.426 e. The lowest BCUT2D eigenvalue weighted by atomic mass is 9.86. The summed E-state index contributed by atoms with van der Waals surface area (Å²) in [6, 6.07) is 6.76. The quantitative estimate of drug-likeness (QED) is 0.430. The summed E-state index contributed by atoms with van der Waals surface area (Å²) >= 11 is 0. The van der Waals surface area contributed by atoms with Crippen LogP contribution in [0.2, 0.25) is 0 Å². The van der Waals surface area contributed by atoms with Gasteiger partial charge in [-0.2, -0.15) is 0 Å². The molecule has 0 aliphatic heterocycles. The molecule has 3 nitrogen and oxygen atoms in total. The molecule has 15 heavy (non-hydrogen) atoms. The zero-order chi connectivity index (χ0) is 10.7. The highest BCUT2D eigenvalue weighted by Crippen LogP contribution is 2.28. The molecule has 2 rings (SSSR count). The molecule has 1 aliphatic carbocycles. The number of hydrogen-bond donors (Lipinski definition) is 0. The molecule has 0 amide bonds. The summed E-state index contributed by atoms with van der Waals surface area (Å²) in [5.74, 6) is 0.185. The normalized spacial score (nSPS) is 15.5. The Bertz CT molecular complexity index is 380. The van der Waals surface area contributed by atoms with Gasteiger partial charge in [-0.05, 0) is 25.0 Å². The van der Waals surface area contributed by atoms with Crippen LogP contribution >= 0.6 is 0 Å². The summed E-state index contributed by atoms with van der Waals surface area (Å²) < 4.78 is 5.17. The fourth-order valence-corrected chi connectivity index (χ4v) is 1.51. The average molecular weight is 204 g/mol. The van der Waals surface area contributed by atoms with Gasteiger partial charge >= 0.3 is 5.97 Å². The van der Waals surface area contributed by atoms with Gasteiger partial charge < -0.3 is 4.74 Å². The van der Waals surface area contributed by atoms with Crippen molar-refractivity contribution < 1.29 is 14.3 Å². The van der Waals surface area contributed by atoms with Crippen LogP contribution in [0.1, 0.15) is 29.6 Å². The summed E-state index contributed by atoms with van der Waals surface area (Å²) in [6.07, 6.45) is 3.60. The van der Waals surface area contributed by atoms with Crippen molar-refractivity contribution in [2.24, 2.45) is 5.92 Å². The smallest absolute Gasteiger partial charge is 0.314 e. The zero-order valence-corrected chi connectivity index (χ0v) is 8.31. The van der Waals surface area contributed by atoms with Gasteiger partial charge in [0.05, 0.1) is 11.5 Å². The van der Waals surface area contributed by atoms with Gasteiger partial charge in [0, 0.05) is 0 Å². The Kier molecular flexibility index (Phi) is 2.81. The second-order valence-electron chi connectivity index (χ2n) is 3.70. The molecule has 0 spiro atoms. The standard InChI is InChI=1S/C12H12O3/c13-8-10-4-1-2-7-11(10)15-12(14)9-5-3-6-9/h1-2,4,7-9H,3,5-6H2. The molecule has 1 aromatic carbocycles. The lowest BCUT2D eigenvalue weighted by Crippen LogP contribution is -2.26. The van der Waals surface area contributed by atoms with E-state index >= 15 is 0 Å². The Morgan fingerprint density at radius 2 is 2.07 bits per heavy atom. The molecule has 0 aromatic heterocycles. The first kappa shape index (κ1) is 9.90. The van der Waals surface area contributed by atoms with Crippen LogP contribution in [0, 0.1) is 5.92 Å². The van der Waals surface area contributed by atoms with Crippen molar-refractivity contribution in [3.63, 3.8) is 0 Å². The number of carbonyl (C=O) groups excluding carboxylic acids is 2. The number of hydrogen-bond acceptors (Lipinski definition) is 3. The van der Waals surface area contributed by atoms with Gasteiger partial charge in [0.1, 0.15) is 5.75 Å². The monoisotopic (exact) mass is 204 g/mol. The van der Waals surface area contributed by atoms with E-state index in [0.717, 1.165) is 19.3 Å². The highest BCUT2D eigenvalue weighted by molar-refractivity contribution is 5.83. The molecule has 1 fully saturated rings. The van der Waals surface area contributed by atoms with Crippen LogP contribution in [0.4, 0.5) is 0 Å². The molecule has 0 unspecified atom stereocenters. The van der Waals surface area contributed by atoms with E-state index in [1.54, 1.807) is 24.3 Å². The molecule has 3 heteroatoms. The van der Waals surface area contributed by atoms with Gasteiger partial charge in [-0.15, -0.1) is 0 Å². The molecule has 0 N–H and O–H groups in total. The number of ether oxygens (including phenoxy) is 1. The average Bonchev–Trinajstić information content (AvgIpc) is 2.15. The molecule has 0 bridgehead atoms. The second kappa shape index (κ2) is 4.26. The van der Waals surface area contributed by atoms with Crippen LogP contribution in [0.25, 0.3) is 0 Å². The molecule has 0 atom stereocenters. The van der Waals surface area contributed by atoms with E-state index in [4.69, 9.17) is 4.74 Å². The highest BCUT2D eigenvalue weighted by atomic mass is 16.5. The molecule has 0 radical (unpaired) electrons. The van der Waals surface area contributed by atoms with Gasteiger partial charge in [0.2, 0.25) is 0 Å². The summed E-state index contributed by atoms with van der Waals surface area (Å²) in [6.45, 7) is 0. The molecule has 78 valence electrons. The Morgan fingerprint density at radius 1 is 1.33 bits per heavy atom. The fraction of sp³-hybridized carbons (Fsp3) is 0.333. The minimum absolute atomic E-state index is 0.0321. The van der Waals surface area contributed by atoms with Gasteiger partial charge in [0.15, 0.2) is 6.29 Å². The van der Waals surface area contributed by atoms with E-state index in [-0.39, 0.29) is 11.9 Å². The first-order chi connectivity index (χ1) is 7.31.